The number of rotatable bonds is 6. The van der Waals surface area contributed by atoms with Gasteiger partial charge >= 0.3 is 0 Å². The monoisotopic (exact) mass is 374 g/mol. The largest absolute Gasteiger partial charge is 0.370 e. The van der Waals surface area contributed by atoms with E-state index in [9.17, 15) is 0 Å². The molecule has 28 heavy (non-hydrogen) atoms. The van der Waals surface area contributed by atoms with Crippen LogP contribution in [0.4, 0.5) is 11.6 Å². The Bertz CT molecular complexity index is 918. The van der Waals surface area contributed by atoms with Gasteiger partial charge in [-0.25, -0.2) is 15.0 Å². The maximum Gasteiger partial charge on any atom is 0.134 e. The molecule has 6 heteroatoms. The first-order valence-electron chi connectivity index (χ1n) is 10.3. The van der Waals surface area contributed by atoms with Crippen molar-refractivity contribution < 1.29 is 0 Å². The molecular formula is C22H26N6. The van der Waals surface area contributed by atoms with Gasteiger partial charge in [0.25, 0.3) is 0 Å². The second kappa shape index (κ2) is 7.62. The summed E-state index contributed by atoms with van der Waals surface area (Å²) in [4.78, 5) is 19.5. The maximum absolute atomic E-state index is 4.69. The van der Waals surface area contributed by atoms with Gasteiger partial charge in [-0.15, -0.1) is 0 Å². The van der Waals surface area contributed by atoms with Crippen molar-refractivity contribution in [3.05, 3.63) is 54.7 Å². The van der Waals surface area contributed by atoms with Crippen LogP contribution in [0.1, 0.15) is 37.4 Å². The van der Waals surface area contributed by atoms with Crippen molar-refractivity contribution in [1.82, 2.24) is 19.9 Å². The molecule has 3 heterocycles. The maximum atomic E-state index is 4.69. The highest BCUT2D eigenvalue weighted by Gasteiger charge is 2.25. The Labute approximate surface area is 165 Å². The zero-order valence-electron chi connectivity index (χ0n) is 16.0. The normalized spacial score (nSPS) is 19.6. The van der Waals surface area contributed by atoms with Crippen molar-refractivity contribution in [2.75, 3.05) is 29.9 Å². The fraction of sp³-hybridized carbons (Fsp3) is 0.409. The number of nitrogens with one attached hydrogen (secondary N) is 2. The Kier molecular flexibility index (Phi) is 4.69. The van der Waals surface area contributed by atoms with E-state index < -0.39 is 0 Å². The SMILES string of the molecule is c1ccc(-c2cnc(C3CCCN(c4cc(NCC5CC5)ncn4)C3)[nH]2)cc1. The van der Waals surface area contributed by atoms with E-state index in [1.54, 1.807) is 6.33 Å². The zero-order valence-corrected chi connectivity index (χ0v) is 16.0. The molecule has 1 aromatic carbocycles. The van der Waals surface area contributed by atoms with Crippen LogP contribution in [0.25, 0.3) is 11.3 Å². The van der Waals surface area contributed by atoms with Crippen LogP contribution in [0.2, 0.25) is 0 Å². The summed E-state index contributed by atoms with van der Waals surface area (Å²) < 4.78 is 0. The lowest BCUT2D eigenvalue weighted by Crippen LogP contribution is -2.35. The molecule has 5 rings (SSSR count). The summed E-state index contributed by atoms with van der Waals surface area (Å²) in [6.45, 7) is 2.98. The number of imidazole rings is 1. The third-order valence-electron chi connectivity index (χ3n) is 5.73. The number of benzene rings is 1. The van der Waals surface area contributed by atoms with Gasteiger partial charge in [-0.05, 0) is 37.2 Å². The van der Waals surface area contributed by atoms with Gasteiger partial charge in [0.05, 0.1) is 11.9 Å². The van der Waals surface area contributed by atoms with E-state index in [1.807, 2.05) is 12.3 Å². The molecule has 0 radical (unpaired) electrons. The molecule has 144 valence electrons. The van der Waals surface area contributed by atoms with Crippen molar-refractivity contribution in [3.8, 4) is 11.3 Å². The highest BCUT2D eigenvalue weighted by atomic mass is 15.2. The molecule has 3 aromatic rings. The first-order chi connectivity index (χ1) is 13.8. The molecule has 1 saturated carbocycles. The van der Waals surface area contributed by atoms with Gasteiger partial charge in [0, 0.05) is 31.6 Å². The fourth-order valence-electron chi connectivity index (χ4n) is 3.90. The molecule has 1 unspecified atom stereocenters. The highest BCUT2D eigenvalue weighted by Crippen LogP contribution is 2.31. The summed E-state index contributed by atoms with van der Waals surface area (Å²) in [5.41, 5.74) is 2.26. The number of H-pyrrole nitrogens is 1. The molecule has 2 N–H and O–H groups in total. The number of anilines is 2. The van der Waals surface area contributed by atoms with Crippen molar-refractivity contribution in [1.29, 1.82) is 0 Å². The van der Waals surface area contributed by atoms with Gasteiger partial charge in [0.2, 0.25) is 0 Å². The van der Waals surface area contributed by atoms with E-state index in [-0.39, 0.29) is 0 Å². The third-order valence-corrected chi connectivity index (χ3v) is 5.73. The van der Waals surface area contributed by atoms with Crippen LogP contribution in [0, 0.1) is 5.92 Å². The van der Waals surface area contributed by atoms with E-state index in [1.165, 1.54) is 18.4 Å². The zero-order chi connectivity index (χ0) is 18.8. The van der Waals surface area contributed by atoms with Crippen molar-refractivity contribution in [2.24, 2.45) is 5.92 Å². The van der Waals surface area contributed by atoms with Crippen LogP contribution in [-0.4, -0.2) is 39.6 Å². The Morgan fingerprint density at radius 2 is 1.96 bits per heavy atom. The van der Waals surface area contributed by atoms with Gasteiger partial charge in [-0.3, -0.25) is 0 Å². The van der Waals surface area contributed by atoms with E-state index in [4.69, 9.17) is 4.98 Å². The average molecular weight is 374 g/mol. The van der Waals surface area contributed by atoms with Gasteiger partial charge in [0.15, 0.2) is 0 Å². The summed E-state index contributed by atoms with van der Waals surface area (Å²) in [6.07, 6.45) is 8.60. The smallest absolute Gasteiger partial charge is 0.134 e. The van der Waals surface area contributed by atoms with Crippen molar-refractivity contribution in [2.45, 2.75) is 31.6 Å². The van der Waals surface area contributed by atoms with Crippen LogP contribution in [0.15, 0.2) is 48.9 Å². The molecule has 2 aliphatic rings. The molecule has 0 bridgehead atoms. The standard InChI is InChI=1S/C22H26N6/c1-2-5-17(6-3-1)19-13-24-22(27-19)18-7-4-10-28(14-18)21-11-20(25-15-26-21)23-12-16-8-9-16/h1-3,5-6,11,13,15-16,18H,4,7-10,12,14H2,(H,24,27)(H,23,25,26). The van der Waals surface area contributed by atoms with E-state index in [2.05, 4.69) is 55.5 Å². The number of hydrogen-bond donors (Lipinski definition) is 2. The fourth-order valence-corrected chi connectivity index (χ4v) is 3.90. The first kappa shape index (κ1) is 17.2. The minimum Gasteiger partial charge on any atom is -0.370 e. The van der Waals surface area contributed by atoms with Crippen LogP contribution in [0.5, 0.6) is 0 Å². The Morgan fingerprint density at radius 3 is 2.82 bits per heavy atom. The molecule has 1 saturated heterocycles. The number of aromatic nitrogens is 4. The molecule has 1 aliphatic heterocycles. The van der Waals surface area contributed by atoms with E-state index in [0.29, 0.717) is 5.92 Å². The Morgan fingerprint density at radius 1 is 1.07 bits per heavy atom. The lowest BCUT2D eigenvalue weighted by Gasteiger charge is -2.32. The van der Waals surface area contributed by atoms with Crippen molar-refractivity contribution in [3.63, 3.8) is 0 Å². The Balaban J connectivity index is 1.28. The van der Waals surface area contributed by atoms with Gasteiger partial charge in [-0.2, -0.15) is 0 Å². The van der Waals surface area contributed by atoms with Crippen LogP contribution < -0.4 is 10.2 Å². The number of nitrogens with zero attached hydrogens (tertiary/aromatic N) is 4. The molecule has 1 aliphatic carbocycles. The molecule has 2 aromatic heterocycles. The lowest BCUT2D eigenvalue weighted by molar-refractivity contribution is 0.491. The molecule has 0 amide bonds. The quantitative estimate of drug-likeness (QED) is 0.681. The molecule has 1 atom stereocenters. The second-order valence-electron chi connectivity index (χ2n) is 7.92. The predicted molar refractivity (Wildman–Crippen MR) is 111 cm³/mol. The van der Waals surface area contributed by atoms with Crippen LogP contribution in [0.3, 0.4) is 0 Å². The molecule has 2 fully saturated rings. The minimum absolute atomic E-state index is 0.393. The second-order valence-corrected chi connectivity index (χ2v) is 7.92. The summed E-state index contributed by atoms with van der Waals surface area (Å²) in [5, 5.41) is 3.45. The summed E-state index contributed by atoms with van der Waals surface area (Å²) in [7, 11) is 0. The van der Waals surface area contributed by atoms with Crippen LogP contribution in [-0.2, 0) is 0 Å². The Hall–Kier alpha value is -2.89. The minimum atomic E-state index is 0.393. The topological polar surface area (TPSA) is 69.7 Å². The summed E-state index contributed by atoms with van der Waals surface area (Å²) >= 11 is 0. The third kappa shape index (κ3) is 3.86. The van der Waals surface area contributed by atoms with E-state index in [0.717, 1.165) is 61.5 Å². The summed E-state index contributed by atoms with van der Waals surface area (Å²) in [6, 6.07) is 12.5. The summed E-state index contributed by atoms with van der Waals surface area (Å²) in [5.74, 6) is 4.24. The molecular weight excluding hydrogens is 348 g/mol. The lowest BCUT2D eigenvalue weighted by atomic mass is 9.97. The molecule has 6 nitrogen and oxygen atoms in total. The van der Waals surface area contributed by atoms with Gasteiger partial charge in [0.1, 0.15) is 23.8 Å². The first-order valence-corrected chi connectivity index (χ1v) is 10.3. The molecule has 0 spiro atoms. The van der Waals surface area contributed by atoms with Gasteiger partial charge in [-0.1, -0.05) is 30.3 Å². The number of piperidine rings is 1. The number of aromatic amines is 1. The average Bonchev–Trinajstić information content (AvgIpc) is 3.47. The van der Waals surface area contributed by atoms with Crippen LogP contribution >= 0.6 is 0 Å². The van der Waals surface area contributed by atoms with E-state index >= 15 is 0 Å². The van der Waals surface area contributed by atoms with Gasteiger partial charge < -0.3 is 15.2 Å². The number of hydrogen-bond acceptors (Lipinski definition) is 5. The highest BCUT2D eigenvalue weighted by molar-refractivity contribution is 5.58. The predicted octanol–water partition coefficient (Wildman–Crippen LogP) is 4.07. The van der Waals surface area contributed by atoms with Crippen molar-refractivity contribution >= 4 is 11.6 Å².